The summed E-state index contributed by atoms with van der Waals surface area (Å²) in [5, 5.41) is 3.16. The van der Waals surface area contributed by atoms with Crippen LogP contribution in [0.3, 0.4) is 0 Å². The molecule has 0 fully saturated rings. The lowest BCUT2D eigenvalue weighted by Crippen LogP contribution is -2.26. The van der Waals surface area contributed by atoms with Crippen molar-refractivity contribution in [1.82, 2.24) is 4.98 Å². The van der Waals surface area contributed by atoms with Gasteiger partial charge >= 0.3 is 0 Å². The average molecular weight is 374 g/mol. The van der Waals surface area contributed by atoms with Crippen LogP contribution in [0, 0.1) is 5.41 Å². The number of ether oxygens (including phenoxy) is 2. The van der Waals surface area contributed by atoms with Crippen LogP contribution in [0.2, 0.25) is 0 Å². The molecular weight excluding hydrogens is 352 g/mol. The molecule has 26 heavy (non-hydrogen) atoms. The highest BCUT2D eigenvalue weighted by molar-refractivity contribution is 7.17. The minimum Gasteiger partial charge on any atom is -0.491 e. The Balaban J connectivity index is 1.42. The van der Waals surface area contributed by atoms with Gasteiger partial charge in [0.25, 0.3) is 5.91 Å². The zero-order valence-electron chi connectivity index (χ0n) is 14.9. The van der Waals surface area contributed by atoms with Crippen molar-refractivity contribution in [1.29, 1.82) is 0 Å². The minimum absolute atomic E-state index is 0.0815. The summed E-state index contributed by atoms with van der Waals surface area (Å²) in [6.45, 7) is 4.70. The van der Waals surface area contributed by atoms with E-state index in [2.05, 4.69) is 24.1 Å². The van der Waals surface area contributed by atoms with E-state index in [1.165, 1.54) is 11.3 Å². The quantitative estimate of drug-likeness (QED) is 0.752. The molecule has 0 unspecified atom stereocenters. The molecule has 1 aromatic carbocycles. The fraction of sp³-hybridized carbons (Fsp3) is 0.421. The van der Waals surface area contributed by atoms with Crippen molar-refractivity contribution in [3.63, 3.8) is 0 Å². The Kier molecular flexibility index (Phi) is 5.68. The molecule has 138 valence electrons. The third-order valence-corrected chi connectivity index (χ3v) is 5.01. The molecule has 0 radical (unpaired) electrons. The van der Waals surface area contributed by atoms with Gasteiger partial charge in [-0.3, -0.25) is 14.9 Å². The summed E-state index contributed by atoms with van der Waals surface area (Å²) >= 11 is 1.24. The van der Waals surface area contributed by atoms with E-state index >= 15 is 0 Å². The predicted octanol–water partition coefficient (Wildman–Crippen LogP) is 3.33. The van der Waals surface area contributed by atoms with E-state index < -0.39 is 0 Å². The van der Waals surface area contributed by atoms with Crippen molar-refractivity contribution in [3.05, 3.63) is 40.9 Å². The van der Waals surface area contributed by atoms with Crippen molar-refractivity contribution in [3.8, 4) is 5.75 Å². The lowest BCUT2D eigenvalue weighted by Gasteiger charge is -2.26. The van der Waals surface area contributed by atoms with Crippen LogP contribution >= 0.6 is 11.3 Å². The second-order valence-corrected chi connectivity index (χ2v) is 8.00. The SMILES string of the molecule is CC1(C)CC(=O)c2sc(NC(=O)COCCOc3ccccc3)nc2C1. The molecule has 1 aliphatic carbocycles. The number of hydrogen-bond donors (Lipinski definition) is 1. The number of carbonyl (C=O) groups is 2. The Morgan fingerprint density at radius 1 is 1.23 bits per heavy atom. The highest BCUT2D eigenvalue weighted by atomic mass is 32.1. The van der Waals surface area contributed by atoms with Crippen LogP contribution in [-0.2, 0) is 16.0 Å². The summed E-state index contributed by atoms with van der Waals surface area (Å²) in [5.41, 5.74) is 0.699. The molecule has 7 heteroatoms. The largest absolute Gasteiger partial charge is 0.491 e. The molecule has 0 atom stereocenters. The summed E-state index contributed by atoms with van der Waals surface area (Å²) in [5.74, 6) is 0.576. The van der Waals surface area contributed by atoms with Crippen LogP contribution in [-0.4, -0.2) is 36.5 Å². The van der Waals surface area contributed by atoms with E-state index in [0.717, 1.165) is 17.9 Å². The minimum atomic E-state index is -0.289. The second kappa shape index (κ2) is 7.97. The number of ketones is 1. The van der Waals surface area contributed by atoms with Gasteiger partial charge in [-0.05, 0) is 24.0 Å². The molecule has 0 bridgehead atoms. The number of amides is 1. The van der Waals surface area contributed by atoms with Gasteiger partial charge in [-0.25, -0.2) is 4.98 Å². The van der Waals surface area contributed by atoms with Gasteiger partial charge in [-0.1, -0.05) is 43.4 Å². The van der Waals surface area contributed by atoms with Crippen LogP contribution in [0.5, 0.6) is 5.75 Å². The highest BCUT2D eigenvalue weighted by Crippen LogP contribution is 2.38. The summed E-state index contributed by atoms with van der Waals surface area (Å²) < 4.78 is 10.8. The van der Waals surface area contributed by atoms with Gasteiger partial charge in [-0.2, -0.15) is 0 Å². The van der Waals surface area contributed by atoms with Crippen molar-refractivity contribution in [2.24, 2.45) is 5.41 Å². The van der Waals surface area contributed by atoms with Crippen LogP contribution in [0.15, 0.2) is 30.3 Å². The highest BCUT2D eigenvalue weighted by Gasteiger charge is 2.34. The van der Waals surface area contributed by atoms with Crippen molar-refractivity contribution in [2.75, 3.05) is 25.1 Å². The van der Waals surface area contributed by atoms with Gasteiger partial charge in [0, 0.05) is 6.42 Å². The number of aromatic nitrogens is 1. The number of fused-ring (bicyclic) bond motifs is 1. The van der Waals surface area contributed by atoms with Crippen LogP contribution < -0.4 is 10.1 Å². The normalized spacial score (nSPS) is 15.4. The smallest absolute Gasteiger partial charge is 0.252 e. The average Bonchev–Trinajstić information content (AvgIpc) is 2.96. The first-order chi connectivity index (χ1) is 12.4. The first kappa shape index (κ1) is 18.5. The van der Waals surface area contributed by atoms with Crippen LogP contribution in [0.4, 0.5) is 5.13 Å². The number of carbonyl (C=O) groups excluding carboxylic acids is 2. The first-order valence-electron chi connectivity index (χ1n) is 8.51. The number of anilines is 1. The number of Topliss-reactive ketones (excluding diaryl/α,β-unsaturated/α-hetero) is 1. The number of thiazole rings is 1. The second-order valence-electron chi connectivity index (χ2n) is 7.00. The zero-order chi connectivity index (χ0) is 18.6. The molecule has 0 aliphatic heterocycles. The molecule has 3 rings (SSSR count). The molecule has 6 nitrogen and oxygen atoms in total. The predicted molar refractivity (Wildman–Crippen MR) is 99.9 cm³/mol. The zero-order valence-corrected chi connectivity index (χ0v) is 15.7. The summed E-state index contributed by atoms with van der Waals surface area (Å²) in [7, 11) is 0. The first-order valence-corrected chi connectivity index (χ1v) is 9.33. The number of nitrogens with one attached hydrogen (secondary N) is 1. The van der Waals surface area contributed by atoms with Gasteiger partial charge in [0.1, 0.15) is 19.0 Å². The fourth-order valence-electron chi connectivity index (χ4n) is 2.83. The van der Waals surface area contributed by atoms with Crippen molar-refractivity contribution < 1.29 is 19.1 Å². The monoisotopic (exact) mass is 374 g/mol. The molecule has 1 heterocycles. The fourth-order valence-corrected chi connectivity index (χ4v) is 3.76. The molecule has 1 aromatic heterocycles. The maximum absolute atomic E-state index is 12.2. The van der Waals surface area contributed by atoms with Crippen LogP contribution in [0.1, 0.15) is 35.6 Å². The third-order valence-electron chi connectivity index (χ3n) is 3.95. The number of benzene rings is 1. The topological polar surface area (TPSA) is 77.5 Å². The molecule has 1 N–H and O–H groups in total. The van der Waals surface area contributed by atoms with E-state index in [1.807, 2.05) is 30.3 Å². The summed E-state index contributed by atoms with van der Waals surface area (Å²) in [4.78, 5) is 29.2. The Labute approximate surface area is 156 Å². The molecular formula is C19H22N2O4S. The number of para-hydroxylation sites is 1. The van der Waals surface area contributed by atoms with E-state index in [-0.39, 0.29) is 23.7 Å². The molecule has 2 aromatic rings. The summed E-state index contributed by atoms with van der Waals surface area (Å²) in [6, 6.07) is 9.42. The maximum atomic E-state index is 12.2. The van der Waals surface area contributed by atoms with Gasteiger partial charge in [-0.15, -0.1) is 0 Å². The van der Waals surface area contributed by atoms with Crippen molar-refractivity contribution in [2.45, 2.75) is 26.7 Å². The number of hydrogen-bond acceptors (Lipinski definition) is 6. The van der Waals surface area contributed by atoms with Crippen LogP contribution in [0.25, 0.3) is 0 Å². The maximum Gasteiger partial charge on any atom is 0.252 e. The Morgan fingerprint density at radius 3 is 2.77 bits per heavy atom. The van der Waals surface area contributed by atoms with Gasteiger partial charge in [0.05, 0.1) is 17.2 Å². The van der Waals surface area contributed by atoms with E-state index in [4.69, 9.17) is 9.47 Å². The lowest BCUT2D eigenvalue weighted by atomic mass is 9.78. The number of nitrogens with zero attached hydrogens (tertiary/aromatic N) is 1. The van der Waals surface area contributed by atoms with E-state index in [1.54, 1.807) is 0 Å². The number of rotatable bonds is 7. The van der Waals surface area contributed by atoms with E-state index in [0.29, 0.717) is 29.6 Å². The van der Waals surface area contributed by atoms with Gasteiger partial charge < -0.3 is 9.47 Å². The third kappa shape index (κ3) is 4.89. The Hall–Kier alpha value is -2.25. The standard InChI is InChI=1S/C19H22N2O4S/c1-19(2)10-14-17(15(22)11-19)26-18(20-14)21-16(23)12-24-8-9-25-13-6-4-3-5-7-13/h3-7H,8-12H2,1-2H3,(H,20,21,23). The molecule has 0 saturated heterocycles. The van der Waals surface area contributed by atoms with Crippen molar-refractivity contribution >= 4 is 28.2 Å². The molecule has 0 spiro atoms. The van der Waals surface area contributed by atoms with Gasteiger partial charge in [0.15, 0.2) is 10.9 Å². The molecule has 1 aliphatic rings. The molecule has 1 amide bonds. The molecule has 0 saturated carbocycles. The Bertz CT molecular complexity index is 786. The van der Waals surface area contributed by atoms with E-state index in [9.17, 15) is 9.59 Å². The summed E-state index contributed by atoms with van der Waals surface area (Å²) in [6.07, 6.45) is 1.26. The lowest BCUT2D eigenvalue weighted by molar-refractivity contribution is -0.120. The Morgan fingerprint density at radius 2 is 2.00 bits per heavy atom. The van der Waals surface area contributed by atoms with Gasteiger partial charge in [0.2, 0.25) is 0 Å².